The van der Waals surface area contributed by atoms with Crippen molar-refractivity contribution < 1.29 is 8.78 Å². The molecule has 1 unspecified atom stereocenters. The predicted octanol–water partition coefficient (Wildman–Crippen LogP) is 3.81. The number of rotatable bonds is 2. The summed E-state index contributed by atoms with van der Waals surface area (Å²) in [5.41, 5.74) is 5.88. The Bertz CT molecular complexity index is 389. The quantitative estimate of drug-likeness (QED) is 0.788. The van der Waals surface area contributed by atoms with Crippen molar-refractivity contribution in [1.29, 1.82) is 0 Å². The summed E-state index contributed by atoms with van der Waals surface area (Å²) in [5, 5.41) is -0.0650. The third-order valence-corrected chi connectivity index (χ3v) is 3.61. The summed E-state index contributed by atoms with van der Waals surface area (Å²) in [5.74, 6) is -1.13. The van der Waals surface area contributed by atoms with Crippen molar-refractivity contribution in [2.24, 2.45) is 11.7 Å². The lowest BCUT2D eigenvalue weighted by molar-refractivity contribution is 0.410. The predicted molar refractivity (Wildman–Crippen MR) is 60.3 cm³/mol. The van der Waals surface area contributed by atoms with Crippen LogP contribution in [-0.4, -0.2) is 0 Å². The van der Waals surface area contributed by atoms with E-state index in [1.165, 1.54) is 12.1 Å². The molecule has 0 aliphatic heterocycles. The number of hydrogen-bond acceptors (Lipinski definition) is 1. The second-order valence-electron chi connectivity index (χ2n) is 4.33. The lowest BCUT2D eigenvalue weighted by atomic mass is 9.92. The molecular formula is C12H14ClF2N. The van der Waals surface area contributed by atoms with E-state index in [1.54, 1.807) is 0 Å². The molecule has 1 aliphatic rings. The Morgan fingerprint density at radius 2 is 1.88 bits per heavy atom. The largest absolute Gasteiger partial charge is 0.324 e. The molecule has 0 radical (unpaired) electrons. The Morgan fingerprint density at radius 1 is 1.25 bits per heavy atom. The van der Waals surface area contributed by atoms with E-state index in [0.29, 0.717) is 0 Å². The van der Waals surface area contributed by atoms with Crippen LogP contribution in [0.1, 0.15) is 37.3 Å². The van der Waals surface area contributed by atoms with Crippen LogP contribution in [0.2, 0.25) is 5.02 Å². The topological polar surface area (TPSA) is 26.0 Å². The monoisotopic (exact) mass is 245 g/mol. The van der Waals surface area contributed by atoms with Crippen LogP contribution in [0.3, 0.4) is 0 Å². The van der Waals surface area contributed by atoms with Crippen molar-refractivity contribution in [3.05, 3.63) is 34.4 Å². The maximum absolute atomic E-state index is 13.7. The third kappa shape index (κ3) is 2.06. The molecular weight excluding hydrogens is 232 g/mol. The van der Waals surface area contributed by atoms with Crippen molar-refractivity contribution in [2.45, 2.75) is 31.7 Å². The van der Waals surface area contributed by atoms with E-state index < -0.39 is 17.7 Å². The van der Waals surface area contributed by atoms with Crippen LogP contribution in [0, 0.1) is 17.6 Å². The van der Waals surface area contributed by atoms with Gasteiger partial charge in [-0.05, 0) is 30.9 Å². The first-order valence-corrected chi connectivity index (χ1v) is 5.88. The maximum atomic E-state index is 13.7. The molecule has 1 nitrogen and oxygen atoms in total. The zero-order chi connectivity index (χ0) is 11.7. The van der Waals surface area contributed by atoms with Gasteiger partial charge in [-0.15, -0.1) is 0 Å². The molecule has 1 atom stereocenters. The highest BCUT2D eigenvalue weighted by molar-refractivity contribution is 6.30. The molecule has 0 spiro atoms. The first-order chi connectivity index (χ1) is 7.61. The fraction of sp³-hybridized carbons (Fsp3) is 0.500. The van der Waals surface area contributed by atoms with Crippen LogP contribution >= 0.6 is 11.6 Å². The van der Waals surface area contributed by atoms with Crippen LogP contribution in [0.15, 0.2) is 12.1 Å². The van der Waals surface area contributed by atoms with Gasteiger partial charge in [0.1, 0.15) is 11.6 Å². The fourth-order valence-electron chi connectivity index (χ4n) is 2.40. The molecule has 16 heavy (non-hydrogen) atoms. The summed E-state index contributed by atoms with van der Waals surface area (Å²) in [6.07, 6.45) is 4.05. The van der Waals surface area contributed by atoms with Gasteiger partial charge in [0.05, 0.1) is 5.02 Å². The molecule has 2 rings (SSSR count). The highest BCUT2D eigenvalue weighted by Crippen LogP contribution is 2.37. The summed E-state index contributed by atoms with van der Waals surface area (Å²) in [6, 6.07) is 1.81. The lowest BCUT2D eigenvalue weighted by Gasteiger charge is -2.20. The molecule has 1 fully saturated rings. The highest BCUT2D eigenvalue weighted by atomic mass is 35.5. The Kier molecular flexibility index (Phi) is 3.45. The van der Waals surface area contributed by atoms with Gasteiger partial charge in [0.15, 0.2) is 0 Å². The number of nitrogens with two attached hydrogens (primary N) is 1. The van der Waals surface area contributed by atoms with E-state index in [2.05, 4.69) is 0 Å². The van der Waals surface area contributed by atoms with Gasteiger partial charge in [0, 0.05) is 11.6 Å². The normalized spacial score (nSPS) is 19.0. The van der Waals surface area contributed by atoms with Crippen molar-refractivity contribution in [2.75, 3.05) is 0 Å². The van der Waals surface area contributed by atoms with Crippen molar-refractivity contribution in [3.8, 4) is 0 Å². The maximum Gasteiger partial charge on any atom is 0.149 e. The van der Waals surface area contributed by atoms with Gasteiger partial charge in [0.25, 0.3) is 0 Å². The van der Waals surface area contributed by atoms with Crippen molar-refractivity contribution >= 4 is 11.6 Å². The van der Waals surface area contributed by atoms with Crippen molar-refractivity contribution in [1.82, 2.24) is 0 Å². The summed E-state index contributed by atoms with van der Waals surface area (Å²) in [4.78, 5) is 0. The molecule has 1 aromatic rings. The van der Waals surface area contributed by atoms with Gasteiger partial charge in [-0.3, -0.25) is 0 Å². The first-order valence-electron chi connectivity index (χ1n) is 5.50. The Morgan fingerprint density at radius 3 is 2.50 bits per heavy atom. The van der Waals surface area contributed by atoms with E-state index in [1.807, 2.05) is 0 Å². The molecule has 1 aromatic carbocycles. The fourth-order valence-corrected chi connectivity index (χ4v) is 2.57. The molecule has 1 aliphatic carbocycles. The van der Waals surface area contributed by atoms with Crippen LogP contribution in [0.25, 0.3) is 0 Å². The molecule has 2 N–H and O–H groups in total. The smallest absolute Gasteiger partial charge is 0.149 e. The van der Waals surface area contributed by atoms with E-state index in [4.69, 9.17) is 17.3 Å². The minimum Gasteiger partial charge on any atom is -0.324 e. The second kappa shape index (κ2) is 4.68. The summed E-state index contributed by atoms with van der Waals surface area (Å²) in [7, 11) is 0. The Balaban J connectivity index is 2.34. The first kappa shape index (κ1) is 11.8. The lowest BCUT2D eigenvalue weighted by Crippen LogP contribution is -2.22. The van der Waals surface area contributed by atoms with Gasteiger partial charge in [-0.1, -0.05) is 24.4 Å². The van der Waals surface area contributed by atoms with E-state index in [0.717, 1.165) is 25.7 Å². The standard InChI is InChI=1S/C12H14ClF2N/c13-8-5-6-9(14)10(11(8)15)12(16)7-3-1-2-4-7/h5-7,12H,1-4,16H2. The Labute approximate surface area is 98.6 Å². The van der Waals surface area contributed by atoms with Crippen LogP contribution in [-0.2, 0) is 0 Å². The van der Waals surface area contributed by atoms with E-state index in [-0.39, 0.29) is 16.5 Å². The molecule has 0 bridgehead atoms. The van der Waals surface area contributed by atoms with Gasteiger partial charge in [0.2, 0.25) is 0 Å². The zero-order valence-electron chi connectivity index (χ0n) is 8.85. The third-order valence-electron chi connectivity index (χ3n) is 3.32. The van der Waals surface area contributed by atoms with E-state index >= 15 is 0 Å². The minimum atomic E-state index is -0.707. The summed E-state index contributed by atoms with van der Waals surface area (Å²) < 4.78 is 27.3. The van der Waals surface area contributed by atoms with Gasteiger partial charge < -0.3 is 5.73 Å². The van der Waals surface area contributed by atoms with Crippen LogP contribution < -0.4 is 5.73 Å². The second-order valence-corrected chi connectivity index (χ2v) is 4.73. The molecule has 0 saturated heterocycles. The zero-order valence-corrected chi connectivity index (χ0v) is 9.61. The average molecular weight is 246 g/mol. The SMILES string of the molecule is NC(c1c(F)ccc(Cl)c1F)C1CCCC1. The number of halogens is 3. The molecule has 4 heteroatoms. The number of hydrogen-bond donors (Lipinski definition) is 1. The molecule has 0 heterocycles. The van der Waals surface area contributed by atoms with Crippen LogP contribution in [0.5, 0.6) is 0 Å². The Hall–Kier alpha value is -0.670. The summed E-state index contributed by atoms with van der Waals surface area (Å²) >= 11 is 5.64. The van der Waals surface area contributed by atoms with Gasteiger partial charge >= 0.3 is 0 Å². The van der Waals surface area contributed by atoms with Crippen LogP contribution in [0.4, 0.5) is 8.78 Å². The highest BCUT2D eigenvalue weighted by Gasteiger charge is 2.28. The molecule has 0 amide bonds. The molecule has 0 aromatic heterocycles. The molecule has 88 valence electrons. The minimum absolute atomic E-state index is 0.0561. The van der Waals surface area contributed by atoms with Gasteiger partial charge in [-0.25, -0.2) is 8.78 Å². The summed E-state index contributed by atoms with van der Waals surface area (Å²) in [6.45, 7) is 0. The van der Waals surface area contributed by atoms with Crippen molar-refractivity contribution in [3.63, 3.8) is 0 Å². The van der Waals surface area contributed by atoms with E-state index in [9.17, 15) is 8.78 Å². The molecule has 1 saturated carbocycles. The number of benzene rings is 1. The average Bonchev–Trinajstić information content (AvgIpc) is 2.77. The van der Waals surface area contributed by atoms with Gasteiger partial charge in [-0.2, -0.15) is 0 Å².